The summed E-state index contributed by atoms with van der Waals surface area (Å²) >= 11 is 6.34. The fourth-order valence-electron chi connectivity index (χ4n) is 0.0677. The Bertz CT molecular complexity index is 382. The van der Waals surface area contributed by atoms with Crippen LogP contribution >= 0.6 is 23.5 Å². The maximum atomic E-state index is 9.82. The van der Waals surface area contributed by atoms with E-state index in [-0.39, 0.29) is 0 Å². The molecule has 0 aromatic carbocycles. The summed E-state index contributed by atoms with van der Waals surface area (Å²) in [5, 5.41) is 2.57. The third kappa shape index (κ3) is 86.7. The Morgan fingerprint density at radius 1 is 1.14 bits per heavy atom. The van der Waals surface area contributed by atoms with Gasteiger partial charge < -0.3 is 4.74 Å². The van der Waals surface area contributed by atoms with Crippen molar-refractivity contribution in [3.05, 3.63) is 0 Å². The number of halogens is 2. The van der Waals surface area contributed by atoms with Crippen molar-refractivity contribution in [2.75, 3.05) is 26.7 Å². The molecule has 0 saturated heterocycles. The van der Waals surface area contributed by atoms with E-state index in [0.717, 1.165) is 6.08 Å². The van der Waals surface area contributed by atoms with Gasteiger partial charge in [0.1, 0.15) is 0 Å². The quantitative estimate of drug-likeness (QED) is 0.302. The number of isocyanates is 2. The molecule has 0 aromatic heterocycles. The number of carbonyl (C=O) groups excluding carboxylic acids is 3. The summed E-state index contributed by atoms with van der Waals surface area (Å²) in [6.45, 7) is 0. The molecule has 0 bridgehead atoms. The van der Waals surface area contributed by atoms with Crippen LogP contribution < -0.4 is 0 Å². The molecule has 2 atom stereocenters. The molecule has 0 saturated carbocycles. The van der Waals surface area contributed by atoms with Crippen molar-refractivity contribution in [3.63, 3.8) is 0 Å². The van der Waals surface area contributed by atoms with Crippen LogP contribution in [0, 0.1) is 0 Å². The topological polar surface area (TPSA) is 138 Å². The van der Waals surface area contributed by atoms with Gasteiger partial charge in [0.25, 0.3) is 6.08 Å². The van der Waals surface area contributed by atoms with Crippen LogP contribution in [-0.4, -0.2) is 52.7 Å². The highest BCUT2D eigenvalue weighted by Crippen LogP contribution is 1.79. The van der Waals surface area contributed by atoms with Gasteiger partial charge in [0.15, 0.2) is 11.1 Å². The van der Waals surface area contributed by atoms with Crippen LogP contribution in [-0.2, 0) is 44.5 Å². The van der Waals surface area contributed by atoms with Crippen molar-refractivity contribution < 1.29 is 35.6 Å². The Morgan fingerprint density at radius 3 is 1.52 bits per heavy atom. The van der Waals surface area contributed by atoms with Gasteiger partial charge in [0.05, 0.1) is 25.2 Å². The second kappa shape index (κ2) is 27.3. The van der Waals surface area contributed by atoms with Crippen molar-refractivity contribution in [2.24, 2.45) is 10.1 Å². The Hall–Kier alpha value is -1.13. The Morgan fingerprint density at radius 2 is 1.48 bits per heavy atom. The summed E-state index contributed by atoms with van der Waals surface area (Å²) in [5.41, 5.74) is -0.773. The summed E-state index contributed by atoms with van der Waals surface area (Å²) in [5.74, 6) is 0. The zero-order valence-corrected chi connectivity index (χ0v) is 14.4. The van der Waals surface area contributed by atoms with Gasteiger partial charge in [0, 0.05) is 30.1 Å². The summed E-state index contributed by atoms with van der Waals surface area (Å²) in [4.78, 5) is 30.3. The fourth-order valence-corrected chi connectivity index (χ4v) is 0.203. The molecule has 0 radical (unpaired) electrons. The van der Waals surface area contributed by atoms with E-state index in [2.05, 4.69) is 46.4 Å². The maximum Gasteiger partial charge on any atom is 0.403 e. The van der Waals surface area contributed by atoms with Crippen LogP contribution in [0.2, 0.25) is 0 Å². The molecular formula is C7H12Cl2N2O8S2. The van der Waals surface area contributed by atoms with Gasteiger partial charge in [-0.1, -0.05) is 0 Å². The lowest BCUT2D eigenvalue weighted by atomic mass is 11.4. The van der Waals surface area contributed by atoms with Crippen LogP contribution in [0.4, 0.5) is 4.79 Å². The monoisotopic (exact) mass is 386 g/mol. The standard InChI is InChI=1S/C2H3ClO2.C2H3NO3S.C2H3NO.CH3ClO2S/c1-5-2(3)4;1-7(5)6-3-2-4;1-3-2-4;1-5(3)4-2/h1H3;1H3;1H3;1H3. The molecule has 0 aliphatic rings. The van der Waals surface area contributed by atoms with E-state index in [4.69, 9.17) is 9.59 Å². The van der Waals surface area contributed by atoms with Gasteiger partial charge in [0.2, 0.25) is 17.2 Å². The third-order valence-corrected chi connectivity index (χ3v) is 1.67. The Kier molecular flexibility index (Phi) is 36.5. The van der Waals surface area contributed by atoms with Crippen molar-refractivity contribution in [1.29, 1.82) is 0 Å². The van der Waals surface area contributed by atoms with E-state index >= 15 is 0 Å². The zero-order valence-electron chi connectivity index (χ0n) is 11.2. The average molecular weight is 387 g/mol. The molecule has 0 heterocycles. The summed E-state index contributed by atoms with van der Waals surface area (Å²) in [6.07, 6.45) is 4.96. The molecular weight excluding hydrogens is 375 g/mol. The predicted molar refractivity (Wildman–Crippen MR) is 76.6 cm³/mol. The van der Waals surface area contributed by atoms with Crippen LogP contribution in [0.1, 0.15) is 0 Å². The van der Waals surface area contributed by atoms with E-state index in [9.17, 15) is 13.2 Å². The summed E-state index contributed by atoms with van der Waals surface area (Å²) in [7, 11) is 2.60. The maximum absolute atomic E-state index is 9.82. The third-order valence-electron chi connectivity index (χ3n) is 0.520. The second-order valence-electron chi connectivity index (χ2n) is 1.88. The summed E-state index contributed by atoms with van der Waals surface area (Å²) < 4.78 is 30.8. The first kappa shape index (κ1) is 28.1. The minimum atomic E-state index is -1.49. The molecule has 10 nitrogen and oxygen atoms in total. The number of ether oxygens (including phenoxy) is 1. The number of methoxy groups -OCH3 is 1. The first-order chi connectivity index (χ1) is 9.72. The molecule has 0 N–H and O–H groups in total. The molecule has 0 aliphatic heterocycles. The number of hydrogen-bond acceptors (Lipinski definition) is 10. The molecule has 0 aromatic rings. The second-order valence-corrected chi connectivity index (χ2v) is 4.45. The van der Waals surface area contributed by atoms with Crippen molar-refractivity contribution in [2.45, 2.75) is 0 Å². The molecule has 0 spiro atoms. The number of aliphatic imine (C=N–C) groups is 1. The number of carbonyl (C=O) groups is 1. The Balaban J connectivity index is -0.0000000939. The van der Waals surface area contributed by atoms with Gasteiger partial charge in [-0.25, -0.2) is 27.8 Å². The first-order valence-corrected chi connectivity index (χ1v) is 7.78. The molecule has 2 unspecified atom stereocenters. The van der Waals surface area contributed by atoms with Crippen LogP contribution in [0.25, 0.3) is 0 Å². The minimum absolute atomic E-state index is 0.773. The van der Waals surface area contributed by atoms with E-state index in [0.29, 0.717) is 0 Å². The molecule has 0 amide bonds. The lowest BCUT2D eigenvalue weighted by Crippen LogP contribution is -1.83. The number of rotatable bonds is 3. The lowest BCUT2D eigenvalue weighted by Gasteiger charge is -1.79. The first-order valence-electron chi connectivity index (χ1n) is 4.13. The molecule has 0 rings (SSSR count). The predicted octanol–water partition coefficient (Wildman–Crippen LogP) is 0.941. The van der Waals surface area contributed by atoms with Crippen LogP contribution in [0.15, 0.2) is 10.1 Å². The number of nitrogens with zero attached hydrogens (tertiary/aromatic N) is 2. The highest BCUT2D eigenvalue weighted by Gasteiger charge is 1.81. The Labute approximate surface area is 135 Å². The van der Waals surface area contributed by atoms with E-state index in [1.54, 1.807) is 0 Å². The normalized spacial score (nSPS) is 9.81. The van der Waals surface area contributed by atoms with Gasteiger partial charge >= 0.3 is 5.43 Å². The van der Waals surface area contributed by atoms with E-state index < -0.39 is 27.6 Å². The smallest absolute Gasteiger partial charge is 0.403 e. The van der Waals surface area contributed by atoms with Gasteiger partial charge in [-0.05, 0) is 0 Å². The van der Waals surface area contributed by atoms with Crippen LogP contribution in [0.5, 0.6) is 0 Å². The zero-order chi connectivity index (χ0) is 17.7. The highest BCUT2D eigenvalue weighted by atomic mass is 35.5. The number of hydrogen-bond donors (Lipinski definition) is 0. The molecule has 0 aliphatic carbocycles. The van der Waals surface area contributed by atoms with Gasteiger partial charge in [-0.3, -0.25) is 4.28 Å². The van der Waals surface area contributed by atoms with Crippen molar-refractivity contribution in [1.82, 2.24) is 0 Å². The lowest BCUT2D eigenvalue weighted by molar-refractivity contribution is 0.198. The van der Waals surface area contributed by atoms with E-state index in [1.807, 2.05) is 0 Å². The molecule has 124 valence electrons. The van der Waals surface area contributed by atoms with Crippen molar-refractivity contribution >= 4 is 63.2 Å². The SMILES string of the molecule is CN=C=O.COC(=O)Cl.CS(=O)OCl.CS(=O)ON=C=O. The highest BCUT2D eigenvalue weighted by molar-refractivity contribution is 7.80. The molecule has 21 heavy (non-hydrogen) atoms. The minimum Gasteiger partial charge on any atom is -0.457 e. The largest absolute Gasteiger partial charge is 0.457 e. The fraction of sp³-hybridized carbons (Fsp3) is 0.571. The molecule has 0 fully saturated rings. The average Bonchev–Trinajstić information content (AvgIpc) is 2.46. The molecule has 14 heteroatoms. The van der Waals surface area contributed by atoms with Crippen molar-refractivity contribution in [3.8, 4) is 0 Å². The van der Waals surface area contributed by atoms with E-state index in [1.165, 1.54) is 32.7 Å². The summed E-state index contributed by atoms with van der Waals surface area (Å²) in [6, 6.07) is 0. The van der Waals surface area contributed by atoms with Crippen LogP contribution in [0.3, 0.4) is 0 Å². The van der Waals surface area contributed by atoms with Gasteiger partial charge in [-0.15, -0.1) is 0 Å². The van der Waals surface area contributed by atoms with Gasteiger partial charge in [-0.2, -0.15) is 3.74 Å².